The molecule has 43 heavy (non-hydrogen) atoms. The summed E-state index contributed by atoms with van der Waals surface area (Å²) in [6, 6.07) is 28.2. The molecule has 1 aliphatic rings. The van der Waals surface area contributed by atoms with Crippen LogP contribution < -0.4 is 5.19 Å². The van der Waals surface area contributed by atoms with E-state index < -0.39 is 8.07 Å². The zero-order valence-corrected chi connectivity index (χ0v) is 28.1. The first-order valence-electron chi connectivity index (χ1n) is 14.6. The van der Waals surface area contributed by atoms with Crippen molar-refractivity contribution in [1.82, 2.24) is 15.0 Å². The Hall–Kier alpha value is -3.51. The summed E-state index contributed by atoms with van der Waals surface area (Å²) in [6.45, 7) is 7.00. The molecule has 4 nitrogen and oxygen atoms in total. The van der Waals surface area contributed by atoms with E-state index in [9.17, 15) is 4.39 Å². The van der Waals surface area contributed by atoms with Crippen LogP contribution in [-0.2, 0) is 26.5 Å². The molecule has 4 heterocycles. The number of halogens is 1. The first kappa shape index (κ1) is 30.9. The second-order valence-corrected chi connectivity index (χ2v) is 17.1. The van der Waals surface area contributed by atoms with Crippen LogP contribution in [0.25, 0.3) is 44.6 Å². The SMILES string of the molecule is C[Si](C)(C)c1ccc(-c2[c-]cccc2)nc1.Fc1cnc(-c2[c-]cc3oc4ncccc4c3c2)cc1CC1CCCC1.[Ir]. The van der Waals surface area contributed by atoms with Crippen LogP contribution in [0.3, 0.4) is 0 Å². The quantitative estimate of drug-likeness (QED) is 0.130. The number of nitrogens with zero attached hydrogens (tertiary/aromatic N) is 3. The number of hydrogen-bond acceptors (Lipinski definition) is 4. The van der Waals surface area contributed by atoms with Crippen molar-refractivity contribution in [2.45, 2.75) is 51.7 Å². The van der Waals surface area contributed by atoms with Crippen molar-refractivity contribution in [3.63, 3.8) is 0 Å². The minimum Gasteiger partial charge on any atom is -0.486 e. The van der Waals surface area contributed by atoms with E-state index in [2.05, 4.69) is 58.9 Å². The van der Waals surface area contributed by atoms with E-state index in [4.69, 9.17) is 4.42 Å². The molecule has 2 aromatic carbocycles. The molecule has 221 valence electrons. The Labute approximate surface area is 267 Å². The number of furan rings is 1. The van der Waals surface area contributed by atoms with Crippen molar-refractivity contribution in [1.29, 1.82) is 0 Å². The first-order chi connectivity index (χ1) is 20.3. The van der Waals surface area contributed by atoms with E-state index >= 15 is 0 Å². The third-order valence-corrected chi connectivity index (χ3v) is 10.0. The fourth-order valence-corrected chi connectivity index (χ4v) is 6.60. The molecular weight excluding hydrogens is 730 g/mol. The second kappa shape index (κ2) is 13.4. The van der Waals surface area contributed by atoms with Crippen molar-refractivity contribution < 1.29 is 28.9 Å². The molecule has 4 aromatic heterocycles. The molecule has 0 aliphatic heterocycles. The summed E-state index contributed by atoms with van der Waals surface area (Å²) in [6.07, 6.45) is 10.8. The van der Waals surface area contributed by atoms with Crippen LogP contribution in [0.5, 0.6) is 0 Å². The van der Waals surface area contributed by atoms with E-state index in [1.807, 2.05) is 60.8 Å². The van der Waals surface area contributed by atoms with Gasteiger partial charge < -0.3 is 14.4 Å². The Morgan fingerprint density at radius 3 is 2.40 bits per heavy atom. The van der Waals surface area contributed by atoms with Gasteiger partial charge in [-0.2, -0.15) is 0 Å². The largest absolute Gasteiger partial charge is 0.486 e. The van der Waals surface area contributed by atoms with Crippen LogP contribution in [-0.4, -0.2) is 23.0 Å². The maximum absolute atomic E-state index is 14.3. The average molecular weight is 764 g/mol. The van der Waals surface area contributed by atoms with Gasteiger partial charge in [-0.25, -0.2) is 9.37 Å². The Morgan fingerprint density at radius 1 is 0.860 bits per heavy atom. The van der Waals surface area contributed by atoms with Gasteiger partial charge in [-0.1, -0.05) is 68.9 Å². The van der Waals surface area contributed by atoms with E-state index in [1.165, 1.54) is 37.1 Å². The number of rotatable bonds is 5. The summed E-state index contributed by atoms with van der Waals surface area (Å²) >= 11 is 0. The minimum atomic E-state index is -1.23. The molecule has 0 amide bonds. The van der Waals surface area contributed by atoms with Gasteiger partial charge in [0.25, 0.3) is 0 Å². The van der Waals surface area contributed by atoms with Crippen molar-refractivity contribution in [2.75, 3.05) is 0 Å². The van der Waals surface area contributed by atoms with Gasteiger partial charge in [0.2, 0.25) is 5.71 Å². The molecule has 0 N–H and O–H groups in total. The van der Waals surface area contributed by atoms with Crippen molar-refractivity contribution in [2.24, 2.45) is 5.92 Å². The number of pyridine rings is 3. The third-order valence-electron chi connectivity index (χ3n) is 7.99. The molecule has 6 aromatic rings. The molecule has 0 atom stereocenters. The molecule has 0 unspecified atom stereocenters. The van der Waals surface area contributed by atoms with Crippen LogP contribution in [0.4, 0.5) is 4.39 Å². The van der Waals surface area contributed by atoms with Gasteiger partial charge in [-0.05, 0) is 46.6 Å². The maximum Gasteiger partial charge on any atom is 0.216 e. The normalized spacial score (nSPS) is 13.5. The fourth-order valence-electron chi connectivity index (χ4n) is 5.56. The molecule has 1 radical (unpaired) electrons. The van der Waals surface area contributed by atoms with Gasteiger partial charge in [-0.15, -0.1) is 59.7 Å². The fraction of sp³-hybridized carbons (Fsp3) is 0.250. The Morgan fingerprint density at radius 2 is 1.67 bits per heavy atom. The van der Waals surface area contributed by atoms with Crippen LogP contribution in [0.15, 0.2) is 89.7 Å². The summed E-state index contributed by atoms with van der Waals surface area (Å²) in [5, 5.41) is 3.34. The molecular formula is C36H34FIrN3OSi-2. The number of fused-ring (bicyclic) bond motifs is 3. The summed E-state index contributed by atoms with van der Waals surface area (Å²) in [7, 11) is -1.23. The topological polar surface area (TPSA) is 51.8 Å². The van der Waals surface area contributed by atoms with Crippen LogP contribution >= 0.6 is 0 Å². The summed E-state index contributed by atoms with van der Waals surface area (Å²) < 4.78 is 20.0. The average Bonchev–Trinajstić information content (AvgIpc) is 3.66. The number of benzene rings is 2. The predicted octanol–water partition coefficient (Wildman–Crippen LogP) is 8.81. The van der Waals surface area contributed by atoms with Gasteiger partial charge >= 0.3 is 0 Å². The van der Waals surface area contributed by atoms with E-state index in [-0.39, 0.29) is 25.9 Å². The molecule has 0 saturated heterocycles. The van der Waals surface area contributed by atoms with Crippen molar-refractivity contribution >= 4 is 35.3 Å². The third kappa shape index (κ3) is 7.18. The van der Waals surface area contributed by atoms with E-state index in [0.717, 1.165) is 50.9 Å². The van der Waals surface area contributed by atoms with Crippen LogP contribution in [0.1, 0.15) is 31.2 Å². The molecule has 1 aliphatic carbocycles. The Balaban J connectivity index is 0.000000188. The smallest absolute Gasteiger partial charge is 0.216 e. The van der Waals surface area contributed by atoms with Gasteiger partial charge in [0, 0.05) is 37.9 Å². The standard InChI is InChI=1S/C22H18FN2O.C14H16NSi.Ir/c23-19-13-25-20(12-16(19)10-14-4-1-2-5-14)15-7-8-21-18(11-15)17-6-3-9-24-22(17)26-21;1-16(2,3)13-9-10-14(15-11-13)12-7-5-4-6-8-12;/h3,6,8-9,11-14H,1-2,4-5,10H2;4-7,9-11H,1-3H3;/q2*-1;. The molecule has 0 bridgehead atoms. The molecule has 1 saturated carbocycles. The van der Waals surface area contributed by atoms with Crippen molar-refractivity contribution in [3.8, 4) is 22.5 Å². The molecule has 7 heteroatoms. The summed E-state index contributed by atoms with van der Waals surface area (Å²) in [5.41, 5.74) is 5.77. The number of hydrogen-bond donors (Lipinski definition) is 0. The zero-order valence-electron chi connectivity index (χ0n) is 24.7. The van der Waals surface area contributed by atoms with Gasteiger partial charge in [0.05, 0.1) is 19.9 Å². The van der Waals surface area contributed by atoms with Crippen LogP contribution in [0.2, 0.25) is 19.6 Å². The van der Waals surface area contributed by atoms with Gasteiger partial charge in [0.15, 0.2) is 0 Å². The minimum absolute atomic E-state index is 0. The van der Waals surface area contributed by atoms with E-state index in [1.54, 1.807) is 6.20 Å². The van der Waals surface area contributed by atoms with E-state index in [0.29, 0.717) is 11.6 Å². The molecule has 7 rings (SSSR count). The number of aromatic nitrogens is 3. The Bertz CT molecular complexity index is 1810. The van der Waals surface area contributed by atoms with Crippen LogP contribution in [0, 0.1) is 23.9 Å². The molecule has 1 fully saturated rings. The summed E-state index contributed by atoms with van der Waals surface area (Å²) in [4.78, 5) is 13.1. The predicted molar refractivity (Wildman–Crippen MR) is 171 cm³/mol. The zero-order chi connectivity index (χ0) is 29.1. The van der Waals surface area contributed by atoms with Gasteiger partial charge in [-0.3, -0.25) is 0 Å². The summed E-state index contributed by atoms with van der Waals surface area (Å²) in [5.74, 6) is 0.384. The maximum atomic E-state index is 14.3. The monoisotopic (exact) mass is 764 g/mol. The van der Waals surface area contributed by atoms with Crippen molar-refractivity contribution in [3.05, 3.63) is 109 Å². The van der Waals surface area contributed by atoms with Gasteiger partial charge in [0.1, 0.15) is 5.82 Å². The first-order valence-corrected chi connectivity index (χ1v) is 18.1. The Kier molecular flexibility index (Phi) is 9.65. The molecule has 0 spiro atoms. The second-order valence-electron chi connectivity index (χ2n) is 12.1.